The lowest BCUT2D eigenvalue weighted by Crippen LogP contribution is -2.04. The maximum absolute atomic E-state index is 14.2. The molecule has 140 valence electrons. The van der Waals surface area contributed by atoms with Crippen molar-refractivity contribution in [3.8, 4) is 17.1 Å². The first-order valence-corrected chi connectivity index (χ1v) is 10.1. The number of halogens is 1. The summed E-state index contributed by atoms with van der Waals surface area (Å²) < 4.78 is 22.2. The molecule has 2 aromatic carbocycles. The highest BCUT2D eigenvalue weighted by atomic mass is 32.2. The van der Waals surface area contributed by atoms with Gasteiger partial charge in [0.1, 0.15) is 11.6 Å². The van der Waals surface area contributed by atoms with Gasteiger partial charge < -0.3 is 4.74 Å². The Kier molecular flexibility index (Phi) is 5.16. The lowest BCUT2D eigenvalue weighted by molar-refractivity contribution is 0.343. The molecule has 0 spiro atoms. The van der Waals surface area contributed by atoms with Crippen LogP contribution in [0.4, 0.5) is 4.39 Å². The Morgan fingerprint density at radius 2 is 1.85 bits per heavy atom. The van der Waals surface area contributed by atoms with E-state index in [2.05, 4.69) is 34.7 Å². The Balaban J connectivity index is 1.44. The van der Waals surface area contributed by atoms with E-state index in [0.717, 1.165) is 29.5 Å². The van der Waals surface area contributed by atoms with Crippen molar-refractivity contribution in [2.24, 2.45) is 0 Å². The molecular formula is C21H22FN3OS. The molecule has 6 heteroatoms. The third-order valence-electron chi connectivity index (χ3n) is 4.47. The molecule has 0 atom stereocenters. The molecule has 0 radical (unpaired) electrons. The monoisotopic (exact) mass is 383 g/mol. The molecule has 4 rings (SSSR count). The minimum Gasteiger partial charge on any atom is -0.493 e. The van der Waals surface area contributed by atoms with Crippen molar-refractivity contribution in [3.63, 3.8) is 0 Å². The van der Waals surface area contributed by atoms with Crippen molar-refractivity contribution in [2.75, 3.05) is 12.4 Å². The first-order valence-electron chi connectivity index (χ1n) is 9.15. The maximum Gasteiger partial charge on any atom is 0.191 e. The fourth-order valence-corrected chi connectivity index (χ4v) is 3.99. The molecular weight excluding hydrogens is 361 g/mol. The molecule has 0 bridgehead atoms. The Morgan fingerprint density at radius 1 is 1.11 bits per heavy atom. The second kappa shape index (κ2) is 7.72. The highest BCUT2D eigenvalue weighted by Crippen LogP contribution is 2.41. The number of nitrogens with zero attached hydrogens (tertiary/aromatic N) is 3. The molecule has 1 aliphatic carbocycles. The van der Waals surface area contributed by atoms with Crippen LogP contribution in [0.15, 0.2) is 47.6 Å². The van der Waals surface area contributed by atoms with Gasteiger partial charge in [0.15, 0.2) is 11.0 Å². The van der Waals surface area contributed by atoms with Gasteiger partial charge in [-0.25, -0.2) is 4.39 Å². The van der Waals surface area contributed by atoms with Crippen LogP contribution in [0.2, 0.25) is 0 Å². The smallest absolute Gasteiger partial charge is 0.191 e. The third-order valence-corrected chi connectivity index (χ3v) is 5.38. The van der Waals surface area contributed by atoms with E-state index in [4.69, 9.17) is 4.74 Å². The lowest BCUT2D eigenvalue weighted by atomic mass is 10.1. The number of thioether (sulfide) groups is 1. The standard InChI is InChI=1S/C21H22FN3OS/c1-14-11-15(2)13-17(12-14)26-9-10-27-21-24-23-20(25(21)16-7-8-16)18-5-3-4-6-19(18)22/h3-6,11-13,16H,7-10H2,1-2H3. The number of aryl methyl sites for hydroxylation is 2. The predicted molar refractivity (Wildman–Crippen MR) is 106 cm³/mol. The first kappa shape index (κ1) is 18.0. The van der Waals surface area contributed by atoms with Gasteiger partial charge in [0.2, 0.25) is 0 Å². The van der Waals surface area contributed by atoms with Crippen molar-refractivity contribution in [1.82, 2.24) is 14.8 Å². The van der Waals surface area contributed by atoms with Crippen LogP contribution in [0.25, 0.3) is 11.4 Å². The minimum absolute atomic E-state index is 0.262. The highest BCUT2D eigenvalue weighted by molar-refractivity contribution is 7.99. The Hall–Kier alpha value is -2.34. The summed E-state index contributed by atoms with van der Waals surface area (Å²) in [4.78, 5) is 0. The SMILES string of the molecule is Cc1cc(C)cc(OCCSc2nnc(-c3ccccc3F)n2C2CC2)c1. The quantitative estimate of drug-likeness (QED) is 0.415. The van der Waals surface area contributed by atoms with Crippen LogP contribution in [0.3, 0.4) is 0 Å². The van der Waals surface area contributed by atoms with Crippen LogP contribution in [-0.2, 0) is 0 Å². The number of aromatic nitrogens is 3. The maximum atomic E-state index is 14.2. The van der Waals surface area contributed by atoms with E-state index in [-0.39, 0.29) is 5.82 Å². The van der Waals surface area contributed by atoms with Gasteiger partial charge in [0, 0.05) is 11.8 Å². The van der Waals surface area contributed by atoms with Crippen molar-refractivity contribution in [3.05, 3.63) is 59.4 Å². The predicted octanol–water partition coefficient (Wildman–Crippen LogP) is 5.21. The second-order valence-corrected chi connectivity index (χ2v) is 7.97. The summed E-state index contributed by atoms with van der Waals surface area (Å²) in [6.07, 6.45) is 2.18. The summed E-state index contributed by atoms with van der Waals surface area (Å²) in [5, 5.41) is 9.43. The fraction of sp³-hybridized carbons (Fsp3) is 0.333. The Labute approximate surface area is 162 Å². The number of rotatable bonds is 7. The molecule has 0 unspecified atom stereocenters. The van der Waals surface area contributed by atoms with Gasteiger partial charge in [-0.3, -0.25) is 4.57 Å². The third kappa shape index (κ3) is 4.16. The zero-order valence-electron chi connectivity index (χ0n) is 15.5. The van der Waals surface area contributed by atoms with Gasteiger partial charge >= 0.3 is 0 Å². The van der Waals surface area contributed by atoms with E-state index in [0.29, 0.717) is 24.0 Å². The normalized spacial score (nSPS) is 13.7. The summed E-state index contributed by atoms with van der Waals surface area (Å²) in [6, 6.07) is 13.3. The van der Waals surface area contributed by atoms with Crippen molar-refractivity contribution in [2.45, 2.75) is 37.9 Å². The first-order chi connectivity index (χ1) is 13.1. The van der Waals surface area contributed by atoms with Crippen molar-refractivity contribution < 1.29 is 9.13 Å². The van der Waals surface area contributed by atoms with Crippen molar-refractivity contribution >= 4 is 11.8 Å². The number of hydrogen-bond acceptors (Lipinski definition) is 4. The zero-order chi connectivity index (χ0) is 18.8. The molecule has 1 saturated carbocycles. The van der Waals surface area contributed by atoms with Gasteiger partial charge in [-0.05, 0) is 62.1 Å². The van der Waals surface area contributed by atoms with E-state index in [1.165, 1.54) is 17.2 Å². The van der Waals surface area contributed by atoms with Gasteiger partial charge in [-0.1, -0.05) is 30.0 Å². The summed E-state index contributed by atoms with van der Waals surface area (Å²) in [7, 11) is 0. The van der Waals surface area contributed by atoms with Crippen LogP contribution in [0, 0.1) is 19.7 Å². The van der Waals surface area contributed by atoms with Crippen LogP contribution >= 0.6 is 11.8 Å². The molecule has 0 saturated heterocycles. The van der Waals surface area contributed by atoms with E-state index < -0.39 is 0 Å². The molecule has 4 nitrogen and oxygen atoms in total. The molecule has 1 heterocycles. The summed E-state index contributed by atoms with van der Waals surface area (Å²) in [5.74, 6) is 2.01. The number of benzene rings is 2. The summed E-state index contributed by atoms with van der Waals surface area (Å²) >= 11 is 1.61. The zero-order valence-corrected chi connectivity index (χ0v) is 16.3. The van der Waals surface area contributed by atoms with Crippen molar-refractivity contribution in [1.29, 1.82) is 0 Å². The van der Waals surface area contributed by atoms with Gasteiger partial charge in [-0.15, -0.1) is 10.2 Å². The van der Waals surface area contributed by atoms with E-state index in [1.807, 2.05) is 18.2 Å². The molecule has 1 fully saturated rings. The van der Waals surface area contributed by atoms with E-state index >= 15 is 0 Å². The molecule has 1 aliphatic rings. The largest absolute Gasteiger partial charge is 0.493 e. The number of ether oxygens (including phenoxy) is 1. The van der Waals surface area contributed by atoms with E-state index in [9.17, 15) is 4.39 Å². The molecule has 0 amide bonds. The van der Waals surface area contributed by atoms with Crippen LogP contribution in [0.5, 0.6) is 5.75 Å². The molecule has 0 N–H and O–H groups in total. The van der Waals surface area contributed by atoms with Gasteiger partial charge in [0.05, 0.1) is 12.2 Å². The molecule has 27 heavy (non-hydrogen) atoms. The summed E-state index contributed by atoms with van der Waals surface area (Å²) in [6.45, 7) is 4.72. The second-order valence-electron chi connectivity index (χ2n) is 6.91. The Morgan fingerprint density at radius 3 is 2.56 bits per heavy atom. The summed E-state index contributed by atoms with van der Waals surface area (Å²) in [5.41, 5.74) is 2.90. The minimum atomic E-state index is -0.262. The van der Waals surface area contributed by atoms with Crippen LogP contribution in [-0.4, -0.2) is 27.1 Å². The highest BCUT2D eigenvalue weighted by Gasteiger charge is 2.30. The molecule has 1 aromatic heterocycles. The molecule has 0 aliphatic heterocycles. The average molecular weight is 383 g/mol. The average Bonchev–Trinajstić information content (AvgIpc) is 3.38. The van der Waals surface area contributed by atoms with E-state index in [1.54, 1.807) is 23.9 Å². The molecule has 3 aromatic rings. The van der Waals surface area contributed by atoms with Crippen LogP contribution in [0.1, 0.15) is 30.0 Å². The van der Waals surface area contributed by atoms with Gasteiger partial charge in [0.25, 0.3) is 0 Å². The van der Waals surface area contributed by atoms with Gasteiger partial charge in [-0.2, -0.15) is 0 Å². The van der Waals surface area contributed by atoms with Crippen LogP contribution < -0.4 is 4.74 Å². The fourth-order valence-electron chi connectivity index (χ4n) is 3.17. The topological polar surface area (TPSA) is 39.9 Å². The Bertz CT molecular complexity index is 932. The number of hydrogen-bond donors (Lipinski definition) is 0. The lowest BCUT2D eigenvalue weighted by Gasteiger charge is -2.10.